The molecule has 0 bridgehead atoms. The number of aromatic nitrogens is 2. The Hall–Kier alpha value is -0.520. The number of nitrogens with two attached hydrogens (primary N) is 1. The summed E-state index contributed by atoms with van der Waals surface area (Å²) < 4.78 is 6.09. The Morgan fingerprint density at radius 1 is 1.54 bits per heavy atom. The first-order chi connectivity index (χ1) is 6.12. The van der Waals surface area contributed by atoms with E-state index in [1.165, 1.54) is 0 Å². The van der Waals surface area contributed by atoms with E-state index in [0.717, 1.165) is 4.47 Å². The Morgan fingerprint density at radius 3 is 2.46 bits per heavy atom. The molecule has 0 radical (unpaired) electrons. The highest BCUT2D eigenvalue weighted by molar-refractivity contribution is 9.10. The third-order valence-corrected chi connectivity index (χ3v) is 2.34. The van der Waals surface area contributed by atoms with Crippen molar-refractivity contribution < 1.29 is 4.74 Å². The largest absolute Gasteiger partial charge is 0.369 e. The topological polar surface area (TPSA) is 61.0 Å². The van der Waals surface area contributed by atoms with Crippen LogP contribution in [0.3, 0.4) is 0 Å². The molecule has 1 aromatic heterocycles. The summed E-state index contributed by atoms with van der Waals surface area (Å²) in [5.74, 6) is 0.598. The lowest BCUT2D eigenvalue weighted by atomic mass is 10.1. The average Bonchev–Trinajstić information content (AvgIpc) is 2.18. The summed E-state index contributed by atoms with van der Waals surface area (Å²) in [6.07, 6.45) is 3.35. The summed E-state index contributed by atoms with van der Waals surface area (Å²) in [4.78, 5) is 8.26. The summed E-state index contributed by atoms with van der Waals surface area (Å²) in [5.41, 5.74) is 4.97. The molecule has 1 rings (SSSR count). The Balaban J connectivity index is 2.99. The molecule has 13 heavy (non-hydrogen) atoms. The van der Waals surface area contributed by atoms with E-state index < -0.39 is 5.60 Å². The van der Waals surface area contributed by atoms with Crippen LogP contribution in [0.15, 0.2) is 16.9 Å². The maximum absolute atomic E-state index is 5.57. The molecule has 1 aromatic rings. The van der Waals surface area contributed by atoms with E-state index in [1.807, 2.05) is 6.92 Å². The summed E-state index contributed by atoms with van der Waals surface area (Å²) in [7, 11) is 1.60. The summed E-state index contributed by atoms with van der Waals surface area (Å²) in [6, 6.07) is 0. The number of rotatable bonds is 3. The Labute approximate surface area is 85.7 Å². The van der Waals surface area contributed by atoms with Gasteiger partial charge in [0.2, 0.25) is 0 Å². The molecule has 0 aliphatic carbocycles. The van der Waals surface area contributed by atoms with E-state index in [4.69, 9.17) is 10.5 Å². The van der Waals surface area contributed by atoms with Crippen molar-refractivity contribution in [3.8, 4) is 0 Å². The second-order valence-corrected chi connectivity index (χ2v) is 3.78. The van der Waals surface area contributed by atoms with Crippen molar-refractivity contribution in [2.24, 2.45) is 5.73 Å². The van der Waals surface area contributed by atoms with Gasteiger partial charge in [-0.3, -0.25) is 0 Å². The molecule has 72 valence electrons. The number of nitrogens with zero attached hydrogens (tertiary/aromatic N) is 2. The summed E-state index contributed by atoms with van der Waals surface area (Å²) in [6.45, 7) is 2.21. The van der Waals surface area contributed by atoms with Crippen LogP contribution in [0.2, 0.25) is 0 Å². The number of hydrogen-bond donors (Lipinski definition) is 1. The number of methoxy groups -OCH3 is 1. The van der Waals surface area contributed by atoms with E-state index in [0.29, 0.717) is 12.4 Å². The van der Waals surface area contributed by atoms with Crippen molar-refractivity contribution in [2.45, 2.75) is 12.5 Å². The lowest BCUT2D eigenvalue weighted by Gasteiger charge is -2.24. The van der Waals surface area contributed by atoms with E-state index in [-0.39, 0.29) is 0 Å². The second-order valence-electron chi connectivity index (χ2n) is 2.86. The van der Waals surface area contributed by atoms with E-state index in [1.54, 1.807) is 19.5 Å². The average molecular weight is 246 g/mol. The van der Waals surface area contributed by atoms with Crippen LogP contribution in [0.4, 0.5) is 0 Å². The Morgan fingerprint density at radius 2 is 2.08 bits per heavy atom. The zero-order valence-corrected chi connectivity index (χ0v) is 9.21. The minimum atomic E-state index is -0.597. The molecule has 2 N–H and O–H groups in total. The van der Waals surface area contributed by atoms with Crippen LogP contribution in [0.1, 0.15) is 12.7 Å². The van der Waals surface area contributed by atoms with Gasteiger partial charge in [0.15, 0.2) is 5.82 Å². The highest BCUT2D eigenvalue weighted by Gasteiger charge is 2.27. The molecule has 0 saturated carbocycles. The van der Waals surface area contributed by atoms with Crippen LogP contribution in [-0.2, 0) is 10.3 Å². The van der Waals surface area contributed by atoms with Crippen LogP contribution in [0, 0.1) is 0 Å². The molecule has 0 aromatic carbocycles. The Bertz CT molecular complexity index is 271. The molecule has 5 heteroatoms. The predicted octanol–water partition coefficient (Wildman–Crippen LogP) is 1.06. The highest BCUT2D eigenvalue weighted by Crippen LogP contribution is 2.19. The van der Waals surface area contributed by atoms with Gasteiger partial charge in [-0.25, -0.2) is 9.97 Å². The van der Waals surface area contributed by atoms with Gasteiger partial charge in [-0.2, -0.15) is 0 Å². The fourth-order valence-corrected chi connectivity index (χ4v) is 1.06. The Kier molecular flexibility index (Phi) is 3.35. The van der Waals surface area contributed by atoms with Crippen molar-refractivity contribution in [2.75, 3.05) is 13.7 Å². The molecule has 0 amide bonds. The van der Waals surface area contributed by atoms with Gasteiger partial charge in [0, 0.05) is 26.0 Å². The second kappa shape index (κ2) is 4.13. The molecule has 0 spiro atoms. The number of ether oxygens (including phenoxy) is 1. The van der Waals surface area contributed by atoms with Crippen molar-refractivity contribution in [1.82, 2.24) is 9.97 Å². The minimum Gasteiger partial charge on any atom is -0.369 e. The zero-order chi connectivity index (χ0) is 9.90. The van der Waals surface area contributed by atoms with Crippen molar-refractivity contribution in [3.63, 3.8) is 0 Å². The first-order valence-corrected chi connectivity index (χ1v) is 4.65. The maximum atomic E-state index is 5.57. The van der Waals surface area contributed by atoms with Gasteiger partial charge in [-0.15, -0.1) is 0 Å². The van der Waals surface area contributed by atoms with Crippen molar-refractivity contribution >= 4 is 15.9 Å². The van der Waals surface area contributed by atoms with Crippen LogP contribution in [-0.4, -0.2) is 23.6 Å². The molecule has 4 nitrogen and oxygen atoms in total. The van der Waals surface area contributed by atoms with Crippen LogP contribution < -0.4 is 5.73 Å². The van der Waals surface area contributed by atoms with E-state index in [2.05, 4.69) is 25.9 Å². The third kappa shape index (κ3) is 2.24. The minimum absolute atomic E-state index is 0.352. The normalized spacial score (nSPS) is 15.4. The predicted molar refractivity (Wildman–Crippen MR) is 53.1 cm³/mol. The lowest BCUT2D eigenvalue weighted by molar-refractivity contribution is 0.00239. The first kappa shape index (κ1) is 10.6. The molecule has 0 fully saturated rings. The molecule has 0 aliphatic heterocycles. The SMILES string of the molecule is COC(C)(CN)c1ncc(Br)cn1. The van der Waals surface area contributed by atoms with Crippen LogP contribution in [0.5, 0.6) is 0 Å². The number of hydrogen-bond acceptors (Lipinski definition) is 4. The lowest BCUT2D eigenvalue weighted by Crippen LogP contribution is -2.35. The van der Waals surface area contributed by atoms with Crippen molar-refractivity contribution in [3.05, 3.63) is 22.7 Å². The highest BCUT2D eigenvalue weighted by atomic mass is 79.9. The molecule has 1 heterocycles. The van der Waals surface area contributed by atoms with Gasteiger partial charge in [-0.1, -0.05) is 0 Å². The first-order valence-electron chi connectivity index (χ1n) is 3.85. The van der Waals surface area contributed by atoms with Gasteiger partial charge < -0.3 is 10.5 Å². The summed E-state index contributed by atoms with van der Waals surface area (Å²) >= 11 is 3.26. The quantitative estimate of drug-likeness (QED) is 0.866. The van der Waals surface area contributed by atoms with Gasteiger partial charge in [0.05, 0.1) is 4.47 Å². The van der Waals surface area contributed by atoms with Gasteiger partial charge in [0.25, 0.3) is 0 Å². The van der Waals surface area contributed by atoms with Crippen LogP contribution >= 0.6 is 15.9 Å². The molecular formula is C8H12BrN3O. The smallest absolute Gasteiger partial charge is 0.161 e. The van der Waals surface area contributed by atoms with Crippen molar-refractivity contribution in [1.29, 1.82) is 0 Å². The molecule has 0 aliphatic rings. The summed E-state index contributed by atoms with van der Waals surface area (Å²) in [5, 5.41) is 0. The van der Waals surface area contributed by atoms with Crippen LogP contribution in [0.25, 0.3) is 0 Å². The van der Waals surface area contributed by atoms with E-state index in [9.17, 15) is 0 Å². The molecule has 1 unspecified atom stereocenters. The maximum Gasteiger partial charge on any atom is 0.161 e. The van der Waals surface area contributed by atoms with Gasteiger partial charge >= 0.3 is 0 Å². The zero-order valence-electron chi connectivity index (χ0n) is 7.62. The third-order valence-electron chi connectivity index (χ3n) is 1.93. The van der Waals surface area contributed by atoms with Gasteiger partial charge in [-0.05, 0) is 22.9 Å². The monoisotopic (exact) mass is 245 g/mol. The molecule has 0 saturated heterocycles. The fraction of sp³-hybridized carbons (Fsp3) is 0.500. The molecule has 1 atom stereocenters. The standard InChI is InChI=1S/C8H12BrN3O/c1-8(5-10,13-2)7-11-3-6(9)4-12-7/h3-4H,5,10H2,1-2H3. The molecular weight excluding hydrogens is 234 g/mol. The van der Waals surface area contributed by atoms with E-state index >= 15 is 0 Å². The van der Waals surface area contributed by atoms with Gasteiger partial charge in [0.1, 0.15) is 5.60 Å². The number of halogens is 1. The fourth-order valence-electron chi connectivity index (χ4n) is 0.851.